The lowest BCUT2D eigenvalue weighted by Gasteiger charge is -2.13. The SMILES string of the molecule is COc1ccc(CNC(=O)NC(C)C)cc1NC(C)=O. The molecule has 1 rings (SSSR count). The molecule has 3 amide bonds. The van der Waals surface area contributed by atoms with Crippen molar-refractivity contribution in [3.8, 4) is 5.75 Å². The minimum atomic E-state index is -0.225. The zero-order valence-corrected chi connectivity index (χ0v) is 12.2. The molecule has 0 saturated heterocycles. The molecule has 6 nitrogen and oxygen atoms in total. The number of carbonyl (C=O) groups excluding carboxylic acids is 2. The van der Waals surface area contributed by atoms with Gasteiger partial charge in [-0.2, -0.15) is 0 Å². The number of anilines is 1. The smallest absolute Gasteiger partial charge is 0.315 e. The van der Waals surface area contributed by atoms with E-state index in [4.69, 9.17) is 4.74 Å². The monoisotopic (exact) mass is 279 g/mol. The minimum absolute atomic E-state index is 0.0841. The summed E-state index contributed by atoms with van der Waals surface area (Å²) < 4.78 is 5.17. The summed E-state index contributed by atoms with van der Waals surface area (Å²) >= 11 is 0. The van der Waals surface area contributed by atoms with E-state index in [0.29, 0.717) is 18.0 Å². The first kappa shape index (κ1) is 15.8. The Kier molecular flexibility index (Phi) is 5.83. The fourth-order valence-corrected chi connectivity index (χ4v) is 1.65. The summed E-state index contributed by atoms with van der Waals surface area (Å²) in [6.07, 6.45) is 0. The van der Waals surface area contributed by atoms with Gasteiger partial charge in [0.05, 0.1) is 12.8 Å². The third kappa shape index (κ3) is 5.17. The van der Waals surface area contributed by atoms with Crippen LogP contribution in [-0.2, 0) is 11.3 Å². The number of ether oxygens (including phenoxy) is 1. The summed E-state index contributed by atoms with van der Waals surface area (Å²) in [5.41, 5.74) is 1.46. The summed E-state index contributed by atoms with van der Waals surface area (Å²) in [5.74, 6) is 0.404. The van der Waals surface area contributed by atoms with E-state index in [9.17, 15) is 9.59 Å². The lowest BCUT2D eigenvalue weighted by Crippen LogP contribution is -2.39. The fraction of sp³-hybridized carbons (Fsp3) is 0.429. The summed E-state index contributed by atoms with van der Waals surface area (Å²) in [5, 5.41) is 8.17. The Bertz CT molecular complexity index is 487. The number of hydrogen-bond donors (Lipinski definition) is 3. The number of methoxy groups -OCH3 is 1. The summed E-state index contributed by atoms with van der Waals surface area (Å²) in [6, 6.07) is 5.22. The molecule has 0 aliphatic carbocycles. The van der Waals surface area contributed by atoms with E-state index in [0.717, 1.165) is 5.56 Å². The highest BCUT2D eigenvalue weighted by atomic mass is 16.5. The molecule has 1 aromatic carbocycles. The molecule has 0 radical (unpaired) electrons. The first-order chi connectivity index (χ1) is 9.42. The first-order valence-corrected chi connectivity index (χ1v) is 6.41. The lowest BCUT2D eigenvalue weighted by molar-refractivity contribution is -0.114. The van der Waals surface area contributed by atoms with E-state index in [1.54, 1.807) is 12.1 Å². The molecule has 0 aliphatic heterocycles. The Hall–Kier alpha value is -2.24. The maximum absolute atomic E-state index is 11.5. The van der Waals surface area contributed by atoms with Crippen LogP contribution in [0.2, 0.25) is 0 Å². The van der Waals surface area contributed by atoms with Crippen LogP contribution in [0.25, 0.3) is 0 Å². The van der Waals surface area contributed by atoms with Crippen LogP contribution in [0.4, 0.5) is 10.5 Å². The molecule has 1 aromatic rings. The minimum Gasteiger partial charge on any atom is -0.495 e. The number of carbonyl (C=O) groups is 2. The van der Waals surface area contributed by atoms with Crippen LogP contribution in [0.5, 0.6) is 5.75 Å². The number of rotatable bonds is 5. The molecule has 0 saturated carbocycles. The molecule has 3 N–H and O–H groups in total. The van der Waals surface area contributed by atoms with E-state index in [1.165, 1.54) is 14.0 Å². The van der Waals surface area contributed by atoms with Gasteiger partial charge in [-0.05, 0) is 31.5 Å². The molecular formula is C14H21N3O3. The number of amides is 3. The lowest BCUT2D eigenvalue weighted by atomic mass is 10.2. The van der Waals surface area contributed by atoms with Crippen molar-refractivity contribution in [3.63, 3.8) is 0 Å². The van der Waals surface area contributed by atoms with Gasteiger partial charge in [0.25, 0.3) is 0 Å². The van der Waals surface area contributed by atoms with Crippen LogP contribution < -0.4 is 20.7 Å². The number of benzene rings is 1. The van der Waals surface area contributed by atoms with Crippen molar-refractivity contribution in [2.75, 3.05) is 12.4 Å². The third-order valence-electron chi connectivity index (χ3n) is 2.45. The molecule has 20 heavy (non-hydrogen) atoms. The van der Waals surface area contributed by atoms with Crippen molar-refractivity contribution in [1.29, 1.82) is 0 Å². The van der Waals surface area contributed by atoms with Gasteiger partial charge < -0.3 is 20.7 Å². The molecule has 0 bridgehead atoms. The van der Waals surface area contributed by atoms with Gasteiger partial charge >= 0.3 is 6.03 Å². The zero-order chi connectivity index (χ0) is 15.1. The van der Waals surface area contributed by atoms with Crippen LogP contribution in [0.1, 0.15) is 26.3 Å². The highest BCUT2D eigenvalue weighted by Gasteiger charge is 2.07. The van der Waals surface area contributed by atoms with E-state index in [2.05, 4.69) is 16.0 Å². The van der Waals surface area contributed by atoms with E-state index >= 15 is 0 Å². The van der Waals surface area contributed by atoms with Gasteiger partial charge in [-0.15, -0.1) is 0 Å². The zero-order valence-electron chi connectivity index (χ0n) is 12.2. The first-order valence-electron chi connectivity index (χ1n) is 6.41. The van der Waals surface area contributed by atoms with Gasteiger partial charge in [0, 0.05) is 19.5 Å². The number of nitrogens with one attached hydrogen (secondary N) is 3. The Balaban J connectivity index is 2.71. The topological polar surface area (TPSA) is 79.5 Å². The van der Waals surface area contributed by atoms with Crippen molar-refractivity contribution >= 4 is 17.6 Å². The molecule has 0 spiro atoms. The average Bonchev–Trinajstić information content (AvgIpc) is 2.35. The molecule has 6 heteroatoms. The summed E-state index contributed by atoms with van der Waals surface area (Å²) in [4.78, 5) is 22.6. The van der Waals surface area contributed by atoms with E-state index in [-0.39, 0.29) is 18.0 Å². The van der Waals surface area contributed by atoms with Crippen LogP contribution in [0.3, 0.4) is 0 Å². The van der Waals surface area contributed by atoms with Crippen molar-refractivity contribution < 1.29 is 14.3 Å². The standard InChI is InChI=1S/C14H21N3O3/c1-9(2)16-14(19)15-8-11-5-6-13(20-4)12(7-11)17-10(3)18/h5-7,9H,8H2,1-4H3,(H,17,18)(H2,15,16,19). The quantitative estimate of drug-likeness (QED) is 0.769. The van der Waals surface area contributed by atoms with Crippen LogP contribution in [0.15, 0.2) is 18.2 Å². The number of urea groups is 1. The summed E-state index contributed by atoms with van der Waals surface area (Å²) in [6.45, 7) is 5.58. The molecular weight excluding hydrogens is 258 g/mol. The fourth-order valence-electron chi connectivity index (χ4n) is 1.65. The largest absolute Gasteiger partial charge is 0.495 e. The highest BCUT2D eigenvalue weighted by Crippen LogP contribution is 2.25. The van der Waals surface area contributed by atoms with Gasteiger partial charge in [0.1, 0.15) is 5.75 Å². The van der Waals surface area contributed by atoms with Crippen molar-refractivity contribution in [2.24, 2.45) is 0 Å². The maximum Gasteiger partial charge on any atom is 0.315 e. The Labute approximate surface area is 118 Å². The molecule has 0 aliphatic rings. The normalized spacial score (nSPS) is 10.1. The van der Waals surface area contributed by atoms with Gasteiger partial charge in [-0.25, -0.2) is 4.79 Å². The third-order valence-corrected chi connectivity index (χ3v) is 2.45. The van der Waals surface area contributed by atoms with Crippen molar-refractivity contribution in [1.82, 2.24) is 10.6 Å². The molecule has 0 heterocycles. The molecule has 0 unspecified atom stereocenters. The average molecular weight is 279 g/mol. The maximum atomic E-state index is 11.5. The second kappa shape index (κ2) is 7.37. The van der Waals surface area contributed by atoms with Gasteiger partial charge in [0.2, 0.25) is 5.91 Å². The Morgan fingerprint density at radius 3 is 2.55 bits per heavy atom. The molecule has 110 valence electrons. The van der Waals surface area contributed by atoms with Gasteiger partial charge in [-0.1, -0.05) is 6.07 Å². The van der Waals surface area contributed by atoms with Crippen molar-refractivity contribution in [2.45, 2.75) is 33.4 Å². The van der Waals surface area contributed by atoms with Crippen LogP contribution >= 0.6 is 0 Å². The predicted molar refractivity (Wildman–Crippen MR) is 77.8 cm³/mol. The Morgan fingerprint density at radius 1 is 1.30 bits per heavy atom. The number of hydrogen-bond acceptors (Lipinski definition) is 3. The van der Waals surface area contributed by atoms with Crippen LogP contribution in [-0.4, -0.2) is 25.1 Å². The predicted octanol–water partition coefficient (Wildman–Crippen LogP) is 1.86. The van der Waals surface area contributed by atoms with E-state index in [1.807, 2.05) is 19.9 Å². The second-order valence-corrected chi connectivity index (χ2v) is 4.70. The van der Waals surface area contributed by atoms with Gasteiger partial charge in [-0.3, -0.25) is 4.79 Å². The summed E-state index contributed by atoms with van der Waals surface area (Å²) in [7, 11) is 1.54. The van der Waals surface area contributed by atoms with Crippen LogP contribution in [0, 0.1) is 0 Å². The van der Waals surface area contributed by atoms with Crippen molar-refractivity contribution in [3.05, 3.63) is 23.8 Å². The molecule has 0 atom stereocenters. The molecule has 0 fully saturated rings. The highest BCUT2D eigenvalue weighted by molar-refractivity contribution is 5.90. The van der Waals surface area contributed by atoms with Gasteiger partial charge in [0.15, 0.2) is 0 Å². The van der Waals surface area contributed by atoms with E-state index < -0.39 is 0 Å². The Morgan fingerprint density at radius 2 is 2.00 bits per heavy atom. The molecule has 0 aromatic heterocycles. The second-order valence-electron chi connectivity index (χ2n) is 4.70.